The average Bonchev–Trinajstić information content (AvgIpc) is 2.79. The van der Waals surface area contributed by atoms with Crippen LogP contribution in [0.2, 0.25) is 0 Å². The Morgan fingerprint density at radius 3 is 2.69 bits per heavy atom. The van der Waals surface area contributed by atoms with Crippen molar-refractivity contribution in [1.82, 2.24) is 0 Å². The molecular weight excluding hydrogens is 156 g/mol. The van der Waals surface area contributed by atoms with Crippen LogP contribution in [0.25, 0.3) is 0 Å². The van der Waals surface area contributed by atoms with E-state index in [9.17, 15) is 0 Å². The molecule has 0 aromatic carbocycles. The maximum atomic E-state index is 2.38. The molecule has 1 spiro atoms. The third-order valence-electron chi connectivity index (χ3n) is 4.53. The van der Waals surface area contributed by atoms with Gasteiger partial charge in [0, 0.05) is 0 Å². The molecule has 2 fully saturated rings. The SMILES string of the molecule is CCCC1CCC[C@]2(C1)CC2CC. The molecule has 2 saturated carbocycles. The van der Waals surface area contributed by atoms with Crippen LogP contribution in [0.3, 0.4) is 0 Å². The molecule has 0 aromatic heterocycles. The van der Waals surface area contributed by atoms with Crippen molar-refractivity contribution in [3.63, 3.8) is 0 Å². The van der Waals surface area contributed by atoms with Gasteiger partial charge in [-0.1, -0.05) is 46.0 Å². The van der Waals surface area contributed by atoms with Crippen LogP contribution >= 0.6 is 0 Å². The summed E-state index contributed by atoms with van der Waals surface area (Å²) in [4.78, 5) is 0. The summed E-state index contributed by atoms with van der Waals surface area (Å²) in [5.74, 6) is 2.21. The lowest BCUT2D eigenvalue weighted by Crippen LogP contribution is -2.18. The maximum Gasteiger partial charge on any atom is -0.0264 e. The molecule has 2 unspecified atom stereocenters. The van der Waals surface area contributed by atoms with Crippen molar-refractivity contribution >= 4 is 0 Å². The number of hydrogen-bond acceptors (Lipinski definition) is 0. The molecule has 2 aliphatic carbocycles. The Kier molecular flexibility index (Phi) is 2.67. The summed E-state index contributed by atoms with van der Waals surface area (Å²) in [6.45, 7) is 4.72. The summed E-state index contributed by atoms with van der Waals surface area (Å²) >= 11 is 0. The van der Waals surface area contributed by atoms with Crippen LogP contribution < -0.4 is 0 Å². The highest BCUT2D eigenvalue weighted by Gasteiger charge is 2.53. The monoisotopic (exact) mass is 180 g/mol. The highest BCUT2D eigenvalue weighted by Crippen LogP contribution is 2.64. The van der Waals surface area contributed by atoms with Crippen molar-refractivity contribution in [2.45, 2.75) is 65.2 Å². The van der Waals surface area contributed by atoms with Gasteiger partial charge in [0.05, 0.1) is 0 Å². The third-order valence-corrected chi connectivity index (χ3v) is 4.53. The lowest BCUT2D eigenvalue weighted by atomic mass is 9.76. The third kappa shape index (κ3) is 1.78. The van der Waals surface area contributed by atoms with Gasteiger partial charge in [-0.25, -0.2) is 0 Å². The summed E-state index contributed by atoms with van der Waals surface area (Å²) in [7, 11) is 0. The van der Waals surface area contributed by atoms with Gasteiger partial charge in [-0.05, 0) is 36.5 Å². The zero-order valence-corrected chi connectivity index (χ0v) is 9.31. The van der Waals surface area contributed by atoms with E-state index in [0.29, 0.717) is 0 Å². The van der Waals surface area contributed by atoms with E-state index in [1.165, 1.54) is 32.1 Å². The fourth-order valence-corrected chi connectivity index (χ4v) is 3.74. The van der Waals surface area contributed by atoms with Crippen molar-refractivity contribution in [2.24, 2.45) is 17.3 Å². The van der Waals surface area contributed by atoms with Crippen LogP contribution in [0, 0.1) is 17.3 Å². The lowest BCUT2D eigenvalue weighted by molar-refractivity contribution is 0.217. The van der Waals surface area contributed by atoms with E-state index in [2.05, 4.69) is 13.8 Å². The molecule has 13 heavy (non-hydrogen) atoms. The standard InChI is InChI=1S/C13H24/c1-3-6-11-7-5-8-13(9-11)10-12(13)4-2/h11-12H,3-10H2,1-2H3/t11?,12?,13-/m0/s1. The van der Waals surface area contributed by atoms with Gasteiger partial charge in [0.2, 0.25) is 0 Å². The molecule has 76 valence electrons. The second-order valence-electron chi connectivity index (χ2n) is 5.42. The Bertz CT molecular complexity index is 171. The van der Waals surface area contributed by atoms with Crippen molar-refractivity contribution < 1.29 is 0 Å². The number of hydrogen-bond donors (Lipinski definition) is 0. The van der Waals surface area contributed by atoms with E-state index in [1.54, 1.807) is 19.3 Å². The van der Waals surface area contributed by atoms with E-state index in [1.807, 2.05) is 0 Å². The predicted molar refractivity (Wildman–Crippen MR) is 57.7 cm³/mol. The van der Waals surface area contributed by atoms with Gasteiger partial charge < -0.3 is 0 Å². The predicted octanol–water partition coefficient (Wildman–Crippen LogP) is 4.39. The Morgan fingerprint density at radius 1 is 1.23 bits per heavy atom. The minimum absolute atomic E-state index is 0.868. The molecule has 0 bridgehead atoms. The second kappa shape index (κ2) is 3.63. The summed E-state index contributed by atoms with van der Waals surface area (Å²) in [5.41, 5.74) is 0.868. The van der Waals surface area contributed by atoms with E-state index < -0.39 is 0 Å². The number of rotatable bonds is 3. The molecule has 0 N–H and O–H groups in total. The van der Waals surface area contributed by atoms with E-state index >= 15 is 0 Å². The zero-order chi connectivity index (χ0) is 9.31. The minimum Gasteiger partial charge on any atom is -0.0654 e. The molecule has 0 radical (unpaired) electrons. The molecule has 0 heterocycles. The van der Waals surface area contributed by atoms with Crippen LogP contribution in [0.15, 0.2) is 0 Å². The van der Waals surface area contributed by atoms with Gasteiger partial charge >= 0.3 is 0 Å². The normalized spacial score (nSPS) is 43.8. The summed E-state index contributed by atoms with van der Waals surface area (Å²) in [5, 5.41) is 0. The van der Waals surface area contributed by atoms with Gasteiger partial charge in [-0.3, -0.25) is 0 Å². The molecule has 2 aliphatic rings. The van der Waals surface area contributed by atoms with Crippen molar-refractivity contribution in [3.8, 4) is 0 Å². The Morgan fingerprint density at radius 2 is 2.08 bits per heavy atom. The van der Waals surface area contributed by atoms with E-state index in [-0.39, 0.29) is 0 Å². The molecule has 0 nitrogen and oxygen atoms in total. The molecule has 0 aliphatic heterocycles. The molecule has 0 aromatic rings. The van der Waals surface area contributed by atoms with Crippen LogP contribution in [0.4, 0.5) is 0 Å². The first-order valence-electron chi connectivity index (χ1n) is 6.30. The van der Waals surface area contributed by atoms with E-state index in [0.717, 1.165) is 17.3 Å². The maximum absolute atomic E-state index is 2.38. The Hall–Kier alpha value is 0. The second-order valence-corrected chi connectivity index (χ2v) is 5.42. The van der Waals surface area contributed by atoms with Crippen LogP contribution in [-0.2, 0) is 0 Å². The van der Waals surface area contributed by atoms with Crippen molar-refractivity contribution in [3.05, 3.63) is 0 Å². The van der Waals surface area contributed by atoms with E-state index in [4.69, 9.17) is 0 Å². The summed E-state index contributed by atoms with van der Waals surface area (Å²) < 4.78 is 0. The molecule has 0 heteroatoms. The Balaban J connectivity index is 1.87. The lowest BCUT2D eigenvalue weighted by Gasteiger charge is -2.30. The first kappa shape index (κ1) is 9.55. The largest absolute Gasteiger partial charge is 0.0654 e. The highest BCUT2D eigenvalue weighted by molar-refractivity contribution is 5.03. The van der Waals surface area contributed by atoms with Gasteiger partial charge in [0.15, 0.2) is 0 Å². The van der Waals surface area contributed by atoms with Gasteiger partial charge in [0.1, 0.15) is 0 Å². The minimum atomic E-state index is 0.868. The first-order valence-corrected chi connectivity index (χ1v) is 6.30. The smallest absolute Gasteiger partial charge is 0.0264 e. The highest BCUT2D eigenvalue weighted by atomic mass is 14.6. The summed E-state index contributed by atoms with van der Waals surface area (Å²) in [6.07, 6.45) is 12.1. The zero-order valence-electron chi connectivity index (χ0n) is 9.31. The molecule has 2 rings (SSSR count). The van der Waals surface area contributed by atoms with Crippen molar-refractivity contribution in [1.29, 1.82) is 0 Å². The van der Waals surface area contributed by atoms with Crippen LogP contribution in [0.5, 0.6) is 0 Å². The quantitative estimate of drug-likeness (QED) is 0.604. The van der Waals surface area contributed by atoms with Gasteiger partial charge in [-0.15, -0.1) is 0 Å². The average molecular weight is 180 g/mol. The summed E-state index contributed by atoms with van der Waals surface area (Å²) in [6, 6.07) is 0. The fourth-order valence-electron chi connectivity index (χ4n) is 3.74. The molecule has 0 saturated heterocycles. The van der Waals surface area contributed by atoms with Crippen LogP contribution in [-0.4, -0.2) is 0 Å². The topological polar surface area (TPSA) is 0 Å². The first-order chi connectivity index (χ1) is 6.30. The van der Waals surface area contributed by atoms with Crippen molar-refractivity contribution in [2.75, 3.05) is 0 Å². The van der Waals surface area contributed by atoms with Gasteiger partial charge in [0.25, 0.3) is 0 Å². The van der Waals surface area contributed by atoms with Crippen LogP contribution in [0.1, 0.15) is 65.2 Å². The van der Waals surface area contributed by atoms with Gasteiger partial charge in [-0.2, -0.15) is 0 Å². The molecule has 3 atom stereocenters. The molecule has 0 amide bonds. The Labute approximate surface area is 83.1 Å². The fraction of sp³-hybridized carbons (Fsp3) is 1.00. The molecular formula is C13H24.